The van der Waals surface area contributed by atoms with Crippen LogP contribution < -0.4 is 8.63 Å². The Labute approximate surface area is 188 Å². The fourth-order valence-electron chi connectivity index (χ4n) is 5.31. The molecule has 0 N–H and O–H groups in total. The molecule has 0 spiro atoms. The van der Waals surface area contributed by atoms with Crippen LogP contribution in [0.5, 0.6) is 5.75 Å². The second-order valence-corrected chi connectivity index (χ2v) is 12.4. The lowest BCUT2D eigenvalue weighted by atomic mass is 9.92. The number of quaternary nitrogens is 1. The number of hydrogen-bond acceptors (Lipinski definition) is 4. The van der Waals surface area contributed by atoms with Crippen molar-refractivity contribution < 1.29 is 13.2 Å². The molecule has 1 saturated carbocycles. The Hall–Kier alpha value is -1.63. The number of benzene rings is 1. The van der Waals surface area contributed by atoms with E-state index in [1.54, 1.807) is 27.1 Å². The zero-order valence-corrected chi connectivity index (χ0v) is 20.5. The van der Waals surface area contributed by atoms with Gasteiger partial charge in [-0.25, -0.2) is 0 Å². The summed E-state index contributed by atoms with van der Waals surface area (Å²) >= 11 is 0. The first-order chi connectivity index (χ1) is 14.6. The summed E-state index contributed by atoms with van der Waals surface area (Å²) in [5.41, 5.74) is 3.81. The van der Waals surface area contributed by atoms with Gasteiger partial charge in [-0.05, 0) is 68.7 Å². The van der Waals surface area contributed by atoms with Crippen molar-refractivity contribution in [1.29, 1.82) is 0 Å². The average Bonchev–Trinajstić information content (AvgIpc) is 3.49. The van der Waals surface area contributed by atoms with Crippen molar-refractivity contribution >= 4 is 15.7 Å². The van der Waals surface area contributed by atoms with E-state index >= 15 is 0 Å². The Morgan fingerprint density at radius 3 is 2.68 bits per heavy atom. The molecule has 170 valence electrons. The highest BCUT2D eigenvalue weighted by Gasteiger charge is 2.46. The molecule has 5 nitrogen and oxygen atoms in total. The fraction of sp³-hybridized carbons (Fsp3) is 0.600. The van der Waals surface area contributed by atoms with Crippen molar-refractivity contribution in [1.82, 2.24) is 8.79 Å². The van der Waals surface area contributed by atoms with Gasteiger partial charge in [0.15, 0.2) is 5.69 Å². The lowest BCUT2D eigenvalue weighted by Crippen LogP contribution is -2.47. The van der Waals surface area contributed by atoms with Crippen LogP contribution in [-0.4, -0.2) is 53.7 Å². The standard InChI is InChI=1S/C25H37N2O3S/c1-7-20(10-9-19-14-26(8-2)15-19)18(4)31(28,29)27(5,6)24-12-11-22-23-13-21(23)16-30-25(22)17(24)3/h7,11-12,19,21,23H,1,8-10,13-16H2,2-6H3/q+1. The molecule has 1 aromatic rings. The minimum atomic E-state index is -3.63. The second-order valence-electron chi connectivity index (χ2n) is 9.91. The fourth-order valence-corrected chi connectivity index (χ4v) is 6.97. The van der Waals surface area contributed by atoms with Crippen LogP contribution in [0.25, 0.3) is 0 Å². The van der Waals surface area contributed by atoms with Crippen LogP contribution in [0.1, 0.15) is 50.2 Å². The van der Waals surface area contributed by atoms with E-state index in [2.05, 4.69) is 24.5 Å². The van der Waals surface area contributed by atoms with E-state index in [0.717, 1.165) is 61.7 Å². The van der Waals surface area contributed by atoms with E-state index in [1.807, 2.05) is 13.0 Å². The number of allylic oxidation sites excluding steroid dienone is 3. The molecule has 2 unspecified atom stereocenters. The maximum absolute atomic E-state index is 13.8. The number of fused-ring (bicyclic) bond motifs is 3. The maximum Gasteiger partial charge on any atom is 0.327 e. The third kappa shape index (κ3) is 3.77. The number of nitrogens with zero attached hydrogens (tertiary/aromatic N) is 2. The smallest absolute Gasteiger partial charge is 0.327 e. The van der Waals surface area contributed by atoms with E-state index in [4.69, 9.17) is 4.74 Å². The van der Waals surface area contributed by atoms with Crippen LogP contribution in [0.3, 0.4) is 0 Å². The molecule has 0 aromatic heterocycles. The molecule has 1 saturated heterocycles. The third-order valence-electron chi connectivity index (χ3n) is 7.74. The summed E-state index contributed by atoms with van der Waals surface area (Å²) in [6.45, 7) is 13.9. The van der Waals surface area contributed by atoms with Gasteiger partial charge < -0.3 is 9.64 Å². The van der Waals surface area contributed by atoms with Gasteiger partial charge in [-0.2, -0.15) is 12.3 Å². The predicted molar refractivity (Wildman–Crippen MR) is 128 cm³/mol. The van der Waals surface area contributed by atoms with Gasteiger partial charge in [0.05, 0.1) is 31.2 Å². The zero-order valence-electron chi connectivity index (χ0n) is 19.6. The van der Waals surface area contributed by atoms with Crippen LogP contribution in [0, 0.1) is 18.8 Å². The third-order valence-corrected chi connectivity index (χ3v) is 10.2. The second kappa shape index (κ2) is 8.05. The van der Waals surface area contributed by atoms with Crippen LogP contribution >= 0.6 is 0 Å². The highest BCUT2D eigenvalue weighted by molar-refractivity contribution is 7.94. The van der Waals surface area contributed by atoms with Gasteiger partial charge in [0.2, 0.25) is 0 Å². The number of ether oxygens (including phenoxy) is 1. The van der Waals surface area contributed by atoms with Gasteiger partial charge in [0, 0.05) is 25.1 Å². The van der Waals surface area contributed by atoms with Crippen molar-refractivity contribution in [3.63, 3.8) is 0 Å². The van der Waals surface area contributed by atoms with Crippen molar-refractivity contribution in [3.05, 3.63) is 46.4 Å². The Kier molecular flexibility index (Phi) is 5.86. The number of sulfonamides is 1. The summed E-state index contributed by atoms with van der Waals surface area (Å²) in [6.07, 6.45) is 4.68. The predicted octanol–water partition coefficient (Wildman–Crippen LogP) is 4.58. The normalized spacial score (nSPS) is 24.4. The first-order valence-electron chi connectivity index (χ1n) is 11.5. The molecule has 4 rings (SSSR count). The van der Waals surface area contributed by atoms with Crippen molar-refractivity contribution in [3.8, 4) is 5.75 Å². The van der Waals surface area contributed by atoms with E-state index in [-0.39, 0.29) is 3.89 Å². The largest absolute Gasteiger partial charge is 0.492 e. The summed E-state index contributed by atoms with van der Waals surface area (Å²) in [5, 5.41) is 0. The Balaban J connectivity index is 1.60. The molecule has 1 aromatic carbocycles. The van der Waals surface area contributed by atoms with Gasteiger partial charge in [0.1, 0.15) is 5.75 Å². The summed E-state index contributed by atoms with van der Waals surface area (Å²) in [4.78, 5) is 2.84. The lowest BCUT2D eigenvalue weighted by Gasteiger charge is -2.38. The van der Waals surface area contributed by atoms with Gasteiger partial charge in [-0.3, -0.25) is 0 Å². The van der Waals surface area contributed by atoms with Gasteiger partial charge in [-0.1, -0.05) is 19.6 Å². The minimum Gasteiger partial charge on any atom is -0.492 e. The van der Waals surface area contributed by atoms with Crippen molar-refractivity contribution in [2.45, 2.75) is 46.0 Å². The topological polar surface area (TPSA) is 46.6 Å². The Bertz CT molecular complexity index is 1020. The lowest BCUT2D eigenvalue weighted by molar-refractivity contribution is 0.102. The Morgan fingerprint density at radius 2 is 2.03 bits per heavy atom. The maximum atomic E-state index is 13.8. The molecule has 2 fully saturated rings. The van der Waals surface area contributed by atoms with Crippen LogP contribution in [0.15, 0.2) is 35.3 Å². The van der Waals surface area contributed by atoms with E-state index in [9.17, 15) is 8.42 Å². The van der Waals surface area contributed by atoms with Crippen LogP contribution in [0.2, 0.25) is 0 Å². The molecule has 2 atom stereocenters. The summed E-state index contributed by atoms with van der Waals surface area (Å²) in [7, 11) is -0.0953. The van der Waals surface area contributed by atoms with Crippen molar-refractivity contribution in [2.24, 2.45) is 11.8 Å². The molecule has 0 radical (unpaired) electrons. The molecule has 0 bridgehead atoms. The summed E-state index contributed by atoms with van der Waals surface area (Å²) < 4.78 is 33.4. The molecule has 2 aliphatic heterocycles. The monoisotopic (exact) mass is 445 g/mol. The zero-order chi connectivity index (χ0) is 22.6. The number of hydrogen-bond donors (Lipinski definition) is 0. The molecular weight excluding hydrogens is 408 g/mol. The average molecular weight is 446 g/mol. The quantitative estimate of drug-likeness (QED) is 0.434. The molecule has 0 amide bonds. The van der Waals surface area contributed by atoms with E-state index < -0.39 is 10.0 Å². The van der Waals surface area contributed by atoms with Gasteiger partial charge in [-0.15, -0.1) is 0 Å². The Morgan fingerprint density at radius 1 is 1.32 bits per heavy atom. The molecule has 31 heavy (non-hydrogen) atoms. The molecule has 1 aliphatic carbocycles. The SMILES string of the molecule is C=CC(CCC1CN(CC)C1)=C(C)S(=O)(=O)[N+](C)(C)c1ccc2c(c1C)OCC1CC21. The number of likely N-dealkylation sites (tertiary alicyclic amines) is 1. The summed E-state index contributed by atoms with van der Waals surface area (Å²) in [5.74, 6) is 2.78. The molecule has 6 heteroatoms. The first kappa shape index (κ1) is 22.6. The van der Waals surface area contributed by atoms with E-state index in [0.29, 0.717) is 22.7 Å². The van der Waals surface area contributed by atoms with E-state index in [1.165, 1.54) is 12.0 Å². The van der Waals surface area contributed by atoms with Crippen LogP contribution in [0.4, 0.5) is 5.69 Å². The highest BCUT2D eigenvalue weighted by Crippen LogP contribution is 2.55. The molecule has 2 heterocycles. The first-order valence-corrected chi connectivity index (χ1v) is 13.0. The molecule has 3 aliphatic rings. The van der Waals surface area contributed by atoms with Gasteiger partial charge >= 0.3 is 10.0 Å². The van der Waals surface area contributed by atoms with Crippen LogP contribution in [-0.2, 0) is 10.0 Å². The highest BCUT2D eigenvalue weighted by atomic mass is 32.2. The summed E-state index contributed by atoms with van der Waals surface area (Å²) in [6, 6.07) is 4.07. The van der Waals surface area contributed by atoms with Gasteiger partial charge in [0.25, 0.3) is 0 Å². The minimum absolute atomic E-state index is 0.222. The van der Waals surface area contributed by atoms with Crippen molar-refractivity contribution in [2.75, 3.05) is 40.3 Å². The number of rotatable bonds is 8. The molecular formula is C25H37N2O3S+.